The first-order chi connectivity index (χ1) is 9.93. The molecule has 0 aliphatic heterocycles. The van der Waals surface area contributed by atoms with Gasteiger partial charge in [-0.15, -0.1) is 0 Å². The Kier molecular flexibility index (Phi) is 10.0. The molecule has 0 spiro atoms. The fourth-order valence-corrected chi connectivity index (χ4v) is 1.74. The Morgan fingerprint density at radius 1 is 1.27 bits per heavy atom. The molecule has 118 valence electrons. The molecule has 1 rings (SSSR count). The molecule has 0 saturated heterocycles. The topological polar surface area (TPSA) is 119 Å². The van der Waals surface area contributed by atoms with Crippen LogP contribution in [-0.4, -0.2) is 79.9 Å². The molecule has 0 unspecified atom stereocenters. The van der Waals surface area contributed by atoms with Gasteiger partial charge in [0, 0.05) is 6.42 Å². The number of aliphatic carboxylic acids is 1. The van der Waals surface area contributed by atoms with E-state index < -0.39 is 36.4 Å². The van der Waals surface area contributed by atoms with E-state index in [0.29, 0.717) is 0 Å². The third kappa shape index (κ3) is 7.22. The summed E-state index contributed by atoms with van der Waals surface area (Å²) in [5.74, 6) is -2.51. The van der Waals surface area contributed by atoms with Gasteiger partial charge in [-0.25, -0.2) is 4.79 Å². The van der Waals surface area contributed by atoms with Crippen LogP contribution in [0.5, 0.6) is 0 Å². The van der Waals surface area contributed by atoms with Gasteiger partial charge in [0.25, 0.3) is 0 Å². The van der Waals surface area contributed by atoms with Gasteiger partial charge in [-0.05, 0) is 5.56 Å². The predicted molar refractivity (Wildman–Crippen MR) is 82.9 cm³/mol. The number of nitrogens with one attached hydrogen (secondary N) is 1. The number of methoxy groups -OCH3 is 1. The van der Waals surface area contributed by atoms with Crippen LogP contribution in [-0.2, 0) is 25.5 Å². The van der Waals surface area contributed by atoms with Crippen molar-refractivity contribution in [3.8, 4) is 0 Å². The van der Waals surface area contributed by atoms with Gasteiger partial charge in [0.15, 0.2) is 0 Å². The van der Waals surface area contributed by atoms with Crippen LogP contribution >= 0.6 is 0 Å². The Hall–Kier alpha value is -1.15. The number of hydrogen-bond donors (Lipinski definition) is 3. The summed E-state index contributed by atoms with van der Waals surface area (Å²) in [5, 5.41) is 11.0. The monoisotopic (exact) mass is 336 g/mol. The zero-order valence-corrected chi connectivity index (χ0v) is 11.6. The Morgan fingerprint density at radius 2 is 1.86 bits per heavy atom. The maximum atomic E-state index is 11.8. The zero-order valence-electron chi connectivity index (χ0n) is 11.6. The second-order valence-corrected chi connectivity index (χ2v) is 4.48. The molecule has 1 aromatic carbocycles. The van der Waals surface area contributed by atoms with Crippen LogP contribution < -0.4 is 11.1 Å². The Morgan fingerprint density at radius 3 is 2.36 bits per heavy atom. The fourth-order valence-electron chi connectivity index (χ4n) is 1.74. The van der Waals surface area contributed by atoms with Gasteiger partial charge >= 0.3 is 49.7 Å². The van der Waals surface area contributed by atoms with Crippen LogP contribution in [0.4, 0.5) is 0 Å². The number of rotatable bonds is 7. The number of carbonyl (C=O) groups excluding carboxylic acids is 2. The molecular formula is C14H20CaN2O5. The molecular weight excluding hydrogens is 316 g/mol. The summed E-state index contributed by atoms with van der Waals surface area (Å²) in [6.07, 6.45) is -0.274. The van der Waals surface area contributed by atoms with E-state index in [1.54, 1.807) is 12.1 Å². The fraction of sp³-hybridized carbons (Fsp3) is 0.357. The number of amides is 1. The first-order valence-electron chi connectivity index (χ1n) is 6.33. The van der Waals surface area contributed by atoms with E-state index in [4.69, 9.17) is 10.8 Å². The van der Waals surface area contributed by atoms with Crippen molar-refractivity contribution in [2.24, 2.45) is 5.73 Å². The standard InChI is InChI=1S/C14H18N2O5.Ca.2H/c1-21-14(20)11(7-9-5-3-2-4-6-9)16-13(19)10(15)8-12(17)18;;;/h2-6,10-11H,7-8,15H2,1H3,(H,16,19)(H,17,18);;;/t10-,11-;;;/m0.../s1. The van der Waals surface area contributed by atoms with Crippen LogP contribution in [0.2, 0.25) is 0 Å². The van der Waals surface area contributed by atoms with Gasteiger partial charge in [-0.3, -0.25) is 9.59 Å². The minimum atomic E-state index is -1.22. The first-order valence-corrected chi connectivity index (χ1v) is 6.33. The van der Waals surface area contributed by atoms with Crippen LogP contribution in [0.25, 0.3) is 0 Å². The Bertz CT molecular complexity index is 509. The summed E-state index contributed by atoms with van der Waals surface area (Å²) in [6, 6.07) is 6.93. The van der Waals surface area contributed by atoms with Crippen molar-refractivity contribution in [3.05, 3.63) is 35.9 Å². The molecule has 0 saturated carbocycles. The third-order valence-corrected chi connectivity index (χ3v) is 2.82. The molecule has 7 nitrogen and oxygen atoms in total. The van der Waals surface area contributed by atoms with Gasteiger partial charge in [0.2, 0.25) is 5.91 Å². The summed E-state index contributed by atoms with van der Waals surface area (Å²) in [7, 11) is 1.21. The molecule has 1 amide bonds. The molecule has 22 heavy (non-hydrogen) atoms. The average molecular weight is 336 g/mol. The molecule has 4 N–H and O–H groups in total. The average Bonchev–Trinajstić information content (AvgIpc) is 2.46. The van der Waals surface area contributed by atoms with Crippen molar-refractivity contribution < 1.29 is 24.2 Å². The first kappa shape index (κ1) is 20.8. The Labute approximate surface area is 158 Å². The van der Waals surface area contributed by atoms with Crippen molar-refractivity contribution in [3.63, 3.8) is 0 Å². The molecule has 0 aliphatic carbocycles. The second kappa shape index (κ2) is 10.6. The Balaban J connectivity index is 0.00000441. The van der Waals surface area contributed by atoms with Gasteiger partial charge in [0.05, 0.1) is 19.6 Å². The normalized spacial score (nSPS) is 12.5. The molecule has 0 fully saturated rings. The van der Waals surface area contributed by atoms with Crippen molar-refractivity contribution in [2.45, 2.75) is 24.9 Å². The number of ether oxygens (including phenoxy) is 1. The van der Waals surface area contributed by atoms with Crippen molar-refractivity contribution in [1.82, 2.24) is 5.32 Å². The van der Waals surface area contributed by atoms with E-state index in [0.717, 1.165) is 5.56 Å². The number of benzene rings is 1. The number of carboxylic acids is 1. The van der Waals surface area contributed by atoms with E-state index in [1.807, 2.05) is 18.2 Å². The van der Waals surface area contributed by atoms with Crippen LogP contribution in [0.15, 0.2) is 30.3 Å². The summed E-state index contributed by atoms with van der Waals surface area (Å²) in [6.45, 7) is 0. The number of nitrogens with two attached hydrogens (primary N) is 1. The molecule has 0 aromatic heterocycles. The van der Waals surface area contributed by atoms with Crippen molar-refractivity contribution >= 4 is 55.6 Å². The number of esters is 1. The van der Waals surface area contributed by atoms with Crippen LogP contribution in [0, 0.1) is 0 Å². The number of carbonyl (C=O) groups is 3. The van der Waals surface area contributed by atoms with Gasteiger partial charge < -0.3 is 20.9 Å². The summed E-state index contributed by atoms with van der Waals surface area (Å²) in [4.78, 5) is 34.0. The number of carboxylic acid groups (broad SMARTS) is 1. The number of hydrogen-bond acceptors (Lipinski definition) is 5. The predicted octanol–water partition coefficient (Wildman–Crippen LogP) is -1.23. The van der Waals surface area contributed by atoms with Crippen LogP contribution in [0.3, 0.4) is 0 Å². The van der Waals surface area contributed by atoms with Gasteiger partial charge in [0.1, 0.15) is 6.04 Å². The summed E-state index contributed by atoms with van der Waals surface area (Å²) < 4.78 is 4.64. The molecule has 0 radical (unpaired) electrons. The maximum absolute atomic E-state index is 11.8. The van der Waals surface area contributed by atoms with E-state index >= 15 is 0 Å². The van der Waals surface area contributed by atoms with Gasteiger partial charge in [-0.1, -0.05) is 30.3 Å². The van der Waals surface area contributed by atoms with E-state index in [9.17, 15) is 14.4 Å². The van der Waals surface area contributed by atoms with E-state index in [2.05, 4.69) is 10.1 Å². The summed E-state index contributed by atoms with van der Waals surface area (Å²) in [5.41, 5.74) is 6.29. The summed E-state index contributed by atoms with van der Waals surface area (Å²) >= 11 is 0. The molecule has 0 aliphatic rings. The van der Waals surface area contributed by atoms with E-state index in [-0.39, 0.29) is 44.2 Å². The SMILES string of the molecule is COC(=O)[C@H](Cc1ccccc1)NC(=O)[C@@H](N)CC(=O)O.[CaH2]. The third-order valence-electron chi connectivity index (χ3n) is 2.82. The molecule has 2 atom stereocenters. The van der Waals surface area contributed by atoms with E-state index in [1.165, 1.54) is 7.11 Å². The molecule has 1 aromatic rings. The van der Waals surface area contributed by atoms with Crippen molar-refractivity contribution in [1.29, 1.82) is 0 Å². The molecule has 0 bridgehead atoms. The molecule has 8 heteroatoms. The minimum absolute atomic E-state index is 0. The van der Waals surface area contributed by atoms with Crippen molar-refractivity contribution in [2.75, 3.05) is 7.11 Å². The second-order valence-electron chi connectivity index (χ2n) is 4.48. The van der Waals surface area contributed by atoms with Gasteiger partial charge in [-0.2, -0.15) is 0 Å². The molecule has 0 heterocycles. The van der Waals surface area contributed by atoms with Crippen LogP contribution in [0.1, 0.15) is 12.0 Å². The quantitative estimate of drug-likeness (QED) is 0.424. The zero-order chi connectivity index (χ0) is 15.8.